The lowest BCUT2D eigenvalue weighted by atomic mass is 9.70. The van der Waals surface area contributed by atoms with Gasteiger partial charge in [-0.2, -0.15) is 0 Å². The summed E-state index contributed by atoms with van der Waals surface area (Å²) >= 11 is 0. The Morgan fingerprint density at radius 2 is 1.90 bits per heavy atom. The Balaban J connectivity index is 2.65. The lowest BCUT2D eigenvalue weighted by molar-refractivity contribution is -0.139. The van der Waals surface area contributed by atoms with Crippen molar-refractivity contribution in [3.8, 4) is 0 Å². The van der Waals surface area contributed by atoms with Crippen LogP contribution in [0.3, 0.4) is 0 Å². The third kappa shape index (κ3) is 4.47. The van der Waals surface area contributed by atoms with Crippen LogP contribution in [0.5, 0.6) is 0 Å². The minimum absolute atomic E-state index is 0.0118. The molecule has 20 heavy (non-hydrogen) atoms. The van der Waals surface area contributed by atoms with E-state index in [-0.39, 0.29) is 12.3 Å². The molecule has 0 atom stereocenters. The number of nitrogens with two attached hydrogens (primary N) is 1. The molecule has 0 bridgehead atoms. The van der Waals surface area contributed by atoms with E-state index in [1.807, 2.05) is 13.8 Å². The number of aliphatic carboxylic acids is 1. The molecule has 116 valence electrons. The van der Waals surface area contributed by atoms with E-state index >= 15 is 0 Å². The topological polar surface area (TPSA) is 92.4 Å². The van der Waals surface area contributed by atoms with Gasteiger partial charge in [-0.25, -0.2) is 0 Å². The van der Waals surface area contributed by atoms with Crippen molar-refractivity contribution in [2.45, 2.75) is 64.8 Å². The number of carboxylic acid groups (broad SMARTS) is 1. The molecule has 1 saturated carbocycles. The maximum atomic E-state index is 12.6. The Hall–Kier alpha value is -1.10. The third-order valence-corrected chi connectivity index (χ3v) is 4.52. The summed E-state index contributed by atoms with van der Waals surface area (Å²) in [7, 11) is 0. The van der Waals surface area contributed by atoms with E-state index in [4.69, 9.17) is 10.8 Å². The molecule has 1 aliphatic rings. The summed E-state index contributed by atoms with van der Waals surface area (Å²) in [6.07, 6.45) is 4.18. The van der Waals surface area contributed by atoms with E-state index in [1.54, 1.807) is 0 Å². The molecule has 0 spiro atoms. The third-order valence-electron chi connectivity index (χ3n) is 4.52. The molecular weight excluding hydrogens is 256 g/mol. The second-order valence-corrected chi connectivity index (χ2v) is 6.90. The summed E-state index contributed by atoms with van der Waals surface area (Å²) in [6.45, 7) is 6.29. The van der Waals surface area contributed by atoms with Gasteiger partial charge in [-0.05, 0) is 51.9 Å². The van der Waals surface area contributed by atoms with E-state index in [2.05, 4.69) is 12.2 Å². The van der Waals surface area contributed by atoms with Crippen molar-refractivity contribution in [2.75, 3.05) is 6.54 Å². The molecule has 0 saturated heterocycles. The average Bonchev–Trinajstić information content (AvgIpc) is 2.37. The zero-order valence-electron chi connectivity index (χ0n) is 12.9. The highest BCUT2D eigenvalue weighted by atomic mass is 16.4. The van der Waals surface area contributed by atoms with Gasteiger partial charge < -0.3 is 16.2 Å². The number of carboxylic acids is 1. The zero-order valence-corrected chi connectivity index (χ0v) is 12.9. The highest BCUT2D eigenvalue weighted by Crippen LogP contribution is 2.38. The van der Waals surface area contributed by atoms with Gasteiger partial charge in [0.25, 0.3) is 0 Å². The summed E-state index contributed by atoms with van der Waals surface area (Å²) in [5, 5.41) is 11.8. The van der Waals surface area contributed by atoms with Gasteiger partial charge in [0.2, 0.25) is 5.91 Å². The van der Waals surface area contributed by atoms with Gasteiger partial charge in [-0.3, -0.25) is 9.59 Å². The Kier molecular flexibility index (Phi) is 5.57. The van der Waals surface area contributed by atoms with Crippen LogP contribution >= 0.6 is 0 Å². The minimum Gasteiger partial charge on any atom is -0.481 e. The molecule has 0 radical (unpaired) electrons. The number of nitrogens with one attached hydrogen (secondary N) is 1. The van der Waals surface area contributed by atoms with Crippen LogP contribution in [0.15, 0.2) is 0 Å². The minimum atomic E-state index is -0.840. The smallest absolute Gasteiger partial charge is 0.303 e. The van der Waals surface area contributed by atoms with Gasteiger partial charge in [0.15, 0.2) is 0 Å². The van der Waals surface area contributed by atoms with Gasteiger partial charge in [-0.1, -0.05) is 6.92 Å². The summed E-state index contributed by atoms with van der Waals surface area (Å²) in [5.41, 5.74) is 4.89. The molecule has 0 heterocycles. The summed E-state index contributed by atoms with van der Waals surface area (Å²) < 4.78 is 0. The van der Waals surface area contributed by atoms with Crippen molar-refractivity contribution in [3.63, 3.8) is 0 Å². The molecule has 0 aromatic heterocycles. The van der Waals surface area contributed by atoms with Gasteiger partial charge >= 0.3 is 5.97 Å². The van der Waals surface area contributed by atoms with E-state index < -0.39 is 16.9 Å². The lowest BCUT2D eigenvalue weighted by Crippen LogP contribution is -2.54. The number of carbonyl (C=O) groups excluding carboxylic acids is 1. The standard InChI is InChI=1S/C15H28N2O3/c1-11-4-8-15(10-16,9-5-11)13(20)17-14(2,3)7-6-12(18)19/h11H,4-10,16H2,1-3H3,(H,17,20)(H,18,19). The summed E-state index contributed by atoms with van der Waals surface area (Å²) in [4.78, 5) is 23.2. The van der Waals surface area contributed by atoms with Crippen molar-refractivity contribution in [3.05, 3.63) is 0 Å². The van der Waals surface area contributed by atoms with Crippen LogP contribution in [0.25, 0.3) is 0 Å². The molecule has 1 fully saturated rings. The molecule has 0 aromatic carbocycles. The molecule has 5 heteroatoms. The Bertz CT molecular complexity index is 358. The number of carbonyl (C=O) groups is 2. The molecule has 0 unspecified atom stereocenters. The van der Waals surface area contributed by atoms with Crippen molar-refractivity contribution in [1.82, 2.24) is 5.32 Å². The number of rotatable bonds is 6. The Morgan fingerprint density at radius 3 is 2.35 bits per heavy atom. The Morgan fingerprint density at radius 1 is 1.35 bits per heavy atom. The first-order valence-corrected chi connectivity index (χ1v) is 7.45. The lowest BCUT2D eigenvalue weighted by Gasteiger charge is -2.39. The first kappa shape index (κ1) is 17.0. The first-order chi connectivity index (χ1) is 9.21. The fourth-order valence-electron chi connectivity index (χ4n) is 2.76. The Labute approximate surface area is 121 Å². The van der Waals surface area contributed by atoms with E-state index in [0.29, 0.717) is 18.9 Å². The predicted octanol–water partition coefficient (Wildman–Crippen LogP) is 1.90. The molecule has 1 aliphatic carbocycles. The molecule has 5 nitrogen and oxygen atoms in total. The molecule has 4 N–H and O–H groups in total. The van der Waals surface area contributed by atoms with Crippen LogP contribution in [0.4, 0.5) is 0 Å². The van der Waals surface area contributed by atoms with Crippen molar-refractivity contribution < 1.29 is 14.7 Å². The van der Waals surface area contributed by atoms with Gasteiger partial charge in [0.1, 0.15) is 0 Å². The quantitative estimate of drug-likeness (QED) is 0.694. The van der Waals surface area contributed by atoms with Crippen molar-refractivity contribution in [2.24, 2.45) is 17.1 Å². The zero-order chi connectivity index (χ0) is 15.4. The molecular formula is C15H28N2O3. The molecule has 0 aliphatic heterocycles. The van der Waals surface area contributed by atoms with Crippen LogP contribution in [-0.4, -0.2) is 29.1 Å². The van der Waals surface area contributed by atoms with Gasteiger partial charge in [0.05, 0.1) is 5.41 Å². The number of hydrogen-bond acceptors (Lipinski definition) is 3. The van der Waals surface area contributed by atoms with Crippen molar-refractivity contribution >= 4 is 11.9 Å². The summed E-state index contributed by atoms with van der Waals surface area (Å²) in [6, 6.07) is 0. The predicted molar refractivity (Wildman–Crippen MR) is 78.2 cm³/mol. The number of amides is 1. The van der Waals surface area contributed by atoms with Crippen LogP contribution in [0, 0.1) is 11.3 Å². The first-order valence-electron chi connectivity index (χ1n) is 7.45. The number of hydrogen-bond donors (Lipinski definition) is 3. The summed E-state index contributed by atoms with van der Waals surface area (Å²) in [5.74, 6) is -0.197. The van der Waals surface area contributed by atoms with Crippen LogP contribution in [-0.2, 0) is 9.59 Å². The van der Waals surface area contributed by atoms with Gasteiger partial charge in [0, 0.05) is 18.5 Å². The van der Waals surface area contributed by atoms with Gasteiger partial charge in [-0.15, -0.1) is 0 Å². The maximum absolute atomic E-state index is 12.6. The SMILES string of the molecule is CC1CCC(CN)(C(=O)NC(C)(C)CCC(=O)O)CC1. The van der Waals surface area contributed by atoms with E-state index in [1.165, 1.54) is 0 Å². The second-order valence-electron chi connectivity index (χ2n) is 6.90. The molecule has 1 amide bonds. The van der Waals surface area contributed by atoms with Crippen molar-refractivity contribution in [1.29, 1.82) is 0 Å². The fourth-order valence-corrected chi connectivity index (χ4v) is 2.76. The van der Waals surface area contributed by atoms with E-state index in [9.17, 15) is 9.59 Å². The monoisotopic (exact) mass is 284 g/mol. The highest BCUT2D eigenvalue weighted by molar-refractivity contribution is 5.83. The maximum Gasteiger partial charge on any atom is 0.303 e. The van der Waals surface area contributed by atoms with E-state index in [0.717, 1.165) is 25.7 Å². The molecule has 1 rings (SSSR count). The van der Waals surface area contributed by atoms with Crippen LogP contribution in [0.2, 0.25) is 0 Å². The largest absolute Gasteiger partial charge is 0.481 e. The molecule has 0 aromatic rings. The second kappa shape index (κ2) is 6.57. The average molecular weight is 284 g/mol. The normalized spacial score (nSPS) is 27.1. The highest BCUT2D eigenvalue weighted by Gasteiger charge is 2.41. The fraction of sp³-hybridized carbons (Fsp3) is 0.867. The van der Waals surface area contributed by atoms with Crippen LogP contribution < -0.4 is 11.1 Å². The van der Waals surface area contributed by atoms with Crippen LogP contribution in [0.1, 0.15) is 59.3 Å².